The van der Waals surface area contributed by atoms with Crippen LogP contribution < -0.4 is 16.6 Å². The van der Waals surface area contributed by atoms with Crippen LogP contribution in [0.5, 0.6) is 0 Å². The number of aryl methyl sites for hydroxylation is 1. The van der Waals surface area contributed by atoms with Gasteiger partial charge in [0.15, 0.2) is 11.7 Å². The molecule has 9 nitrogen and oxygen atoms in total. The van der Waals surface area contributed by atoms with Gasteiger partial charge < -0.3 is 9.72 Å². The number of benzene rings is 1. The topological polar surface area (TPSA) is 134 Å². The molecule has 3 aromatic rings. The predicted molar refractivity (Wildman–Crippen MR) is 123 cm³/mol. The number of rotatable bonds is 8. The smallest absolute Gasteiger partial charge is 0.325 e. The first-order valence-electron chi connectivity index (χ1n) is 8.88. The van der Waals surface area contributed by atoms with Crippen molar-refractivity contribution in [1.82, 2.24) is 15.0 Å². The van der Waals surface area contributed by atoms with Crippen LogP contribution in [0.15, 0.2) is 43.7 Å². The molecule has 0 saturated carbocycles. The Hall–Kier alpha value is -2.70. The molecule has 162 valence electrons. The Labute approximate surface area is 192 Å². The van der Waals surface area contributed by atoms with E-state index in [1.165, 1.54) is 11.3 Å². The summed E-state index contributed by atoms with van der Waals surface area (Å²) in [6.45, 7) is 1.17. The number of anilines is 1. The monoisotopic (exact) mass is 524 g/mol. The first-order chi connectivity index (χ1) is 14.8. The lowest BCUT2D eigenvalue weighted by atomic mass is 10.2. The highest BCUT2D eigenvalue weighted by Gasteiger charge is 2.12. The number of carbonyl (C=O) groups is 2. The Morgan fingerprint density at radius 3 is 2.68 bits per heavy atom. The Balaban J connectivity index is 1.42. The van der Waals surface area contributed by atoms with Crippen LogP contribution in [0.3, 0.4) is 0 Å². The molecule has 0 aliphatic rings. The minimum absolute atomic E-state index is 0.0454. The van der Waals surface area contributed by atoms with E-state index >= 15 is 0 Å². The Morgan fingerprint density at radius 1 is 1.23 bits per heavy atom. The number of aromatic nitrogens is 3. The molecule has 2 aromatic heterocycles. The Bertz CT molecular complexity index is 1200. The largest absolute Gasteiger partial charge is 0.455 e. The molecule has 0 bridgehead atoms. The maximum absolute atomic E-state index is 12.0. The van der Waals surface area contributed by atoms with E-state index in [0.29, 0.717) is 16.4 Å². The number of esters is 1. The standard InChI is InChI=1S/C19H17BrN4O5S2/c1-10-13(17(27)24-18(28)21-10)7-30-9-16(26)29-6-15(25)23-19-22-14(8-31-19)11-2-4-12(20)5-3-11/h2-5,8H,6-7,9H2,1H3,(H,22,23,25)(H2,21,24,27,28). The molecule has 0 spiro atoms. The molecule has 3 rings (SSSR count). The zero-order valence-corrected chi connectivity index (χ0v) is 19.4. The van der Waals surface area contributed by atoms with Gasteiger partial charge in [0.2, 0.25) is 0 Å². The summed E-state index contributed by atoms with van der Waals surface area (Å²) < 4.78 is 5.91. The predicted octanol–water partition coefficient (Wildman–Crippen LogP) is 2.67. The van der Waals surface area contributed by atoms with Crippen LogP contribution >= 0.6 is 39.0 Å². The number of thiazole rings is 1. The van der Waals surface area contributed by atoms with Crippen molar-refractivity contribution in [2.75, 3.05) is 17.7 Å². The van der Waals surface area contributed by atoms with E-state index in [4.69, 9.17) is 4.74 Å². The fourth-order valence-corrected chi connectivity index (χ4v) is 4.37. The van der Waals surface area contributed by atoms with E-state index in [2.05, 4.69) is 36.2 Å². The molecule has 3 N–H and O–H groups in total. The summed E-state index contributed by atoms with van der Waals surface area (Å²) in [6, 6.07) is 7.62. The number of H-pyrrole nitrogens is 2. The van der Waals surface area contributed by atoms with E-state index in [1.807, 2.05) is 29.6 Å². The summed E-state index contributed by atoms with van der Waals surface area (Å²) in [5.74, 6) is -0.913. The lowest BCUT2D eigenvalue weighted by Gasteiger charge is -2.06. The van der Waals surface area contributed by atoms with Crippen LogP contribution in [0.1, 0.15) is 11.3 Å². The fourth-order valence-electron chi connectivity index (χ4n) is 2.46. The van der Waals surface area contributed by atoms with E-state index < -0.39 is 29.7 Å². The summed E-state index contributed by atoms with van der Waals surface area (Å²) in [4.78, 5) is 55.8. The highest BCUT2D eigenvalue weighted by molar-refractivity contribution is 9.10. The minimum atomic E-state index is -0.589. The summed E-state index contributed by atoms with van der Waals surface area (Å²) in [5, 5.41) is 4.82. The van der Waals surface area contributed by atoms with E-state index in [1.54, 1.807) is 6.92 Å². The maximum atomic E-state index is 12.0. The first-order valence-corrected chi connectivity index (χ1v) is 11.7. The van der Waals surface area contributed by atoms with Crippen molar-refractivity contribution < 1.29 is 14.3 Å². The summed E-state index contributed by atoms with van der Waals surface area (Å²) in [6.07, 6.45) is 0. The molecule has 1 aromatic carbocycles. The molecule has 0 saturated heterocycles. The third kappa shape index (κ3) is 6.64. The molecule has 0 aliphatic carbocycles. The zero-order chi connectivity index (χ0) is 22.4. The van der Waals surface area contributed by atoms with Crippen molar-refractivity contribution in [3.05, 3.63) is 66.2 Å². The number of ether oxygens (including phenoxy) is 1. The van der Waals surface area contributed by atoms with Gasteiger partial charge in [0.05, 0.1) is 11.4 Å². The normalized spacial score (nSPS) is 10.6. The number of nitrogens with zero attached hydrogens (tertiary/aromatic N) is 1. The number of carbonyl (C=O) groups excluding carboxylic acids is 2. The molecule has 2 heterocycles. The van der Waals surface area contributed by atoms with Crippen molar-refractivity contribution in [2.24, 2.45) is 0 Å². The molecule has 12 heteroatoms. The zero-order valence-electron chi connectivity index (χ0n) is 16.2. The van der Waals surface area contributed by atoms with Crippen molar-refractivity contribution in [3.8, 4) is 11.3 Å². The van der Waals surface area contributed by atoms with E-state index in [-0.39, 0.29) is 11.5 Å². The molecule has 1 amide bonds. The quantitative estimate of drug-likeness (QED) is 0.385. The second-order valence-electron chi connectivity index (χ2n) is 6.26. The maximum Gasteiger partial charge on any atom is 0.325 e. The van der Waals surface area contributed by atoms with Gasteiger partial charge in [0, 0.05) is 32.4 Å². The van der Waals surface area contributed by atoms with Gasteiger partial charge in [0.25, 0.3) is 11.5 Å². The number of amides is 1. The van der Waals surface area contributed by atoms with Crippen molar-refractivity contribution in [2.45, 2.75) is 12.7 Å². The number of nitrogens with one attached hydrogen (secondary N) is 3. The van der Waals surface area contributed by atoms with Crippen LogP contribution in [0.25, 0.3) is 11.3 Å². The second kappa shape index (κ2) is 10.6. The van der Waals surface area contributed by atoms with E-state index in [9.17, 15) is 19.2 Å². The number of hydrogen-bond acceptors (Lipinski definition) is 8. The molecule has 0 unspecified atom stereocenters. The van der Waals surface area contributed by atoms with Gasteiger partial charge in [-0.3, -0.25) is 24.7 Å². The summed E-state index contributed by atoms with van der Waals surface area (Å²) >= 11 is 5.79. The molecular formula is C19H17BrN4O5S2. The van der Waals surface area contributed by atoms with Gasteiger partial charge in [-0.15, -0.1) is 23.1 Å². The van der Waals surface area contributed by atoms with Gasteiger partial charge >= 0.3 is 11.7 Å². The lowest BCUT2D eigenvalue weighted by Crippen LogP contribution is -2.26. The minimum Gasteiger partial charge on any atom is -0.455 e. The van der Waals surface area contributed by atoms with Crippen molar-refractivity contribution >= 4 is 56.0 Å². The second-order valence-corrected chi connectivity index (χ2v) is 9.02. The highest BCUT2D eigenvalue weighted by atomic mass is 79.9. The Morgan fingerprint density at radius 2 is 1.97 bits per heavy atom. The van der Waals surface area contributed by atoms with Crippen LogP contribution in [-0.2, 0) is 20.1 Å². The average molecular weight is 525 g/mol. The van der Waals surface area contributed by atoms with Crippen LogP contribution in [0.2, 0.25) is 0 Å². The van der Waals surface area contributed by atoms with Gasteiger partial charge in [-0.2, -0.15) is 0 Å². The third-order valence-corrected chi connectivity index (χ3v) is 6.19. The van der Waals surface area contributed by atoms with Crippen LogP contribution in [0.4, 0.5) is 5.13 Å². The Kier molecular flexibility index (Phi) is 7.82. The van der Waals surface area contributed by atoms with Gasteiger partial charge in [0.1, 0.15) is 0 Å². The van der Waals surface area contributed by atoms with Crippen LogP contribution in [0, 0.1) is 6.92 Å². The summed E-state index contributed by atoms with van der Waals surface area (Å²) in [5.41, 5.74) is 1.40. The van der Waals surface area contributed by atoms with Crippen LogP contribution in [-0.4, -0.2) is 39.2 Å². The molecule has 0 fully saturated rings. The van der Waals surface area contributed by atoms with E-state index in [0.717, 1.165) is 27.5 Å². The first kappa shape index (κ1) is 23.0. The average Bonchev–Trinajstić information content (AvgIpc) is 3.17. The fraction of sp³-hybridized carbons (Fsp3) is 0.211. The third-order valence-electron chi connectivity index (χ3n) is 3.98. The molecule has 0 aliphatic heterocycles. The lowest BCUT2D eigenvalue weighted by molar-refractivity contribution is -0.144. The number of halogens is 1. The highest BCUT2D eigenvalue weighted by Crippen LogP contribution is 2.26. The molecular weight excluding hydrogens is 508 g/mol. The number of aromatic amines is 2. The van der Waals surface area contributed by atoms with Crippen molar-refractivity contribution in [3.63, 3.8) is 0 Å². The molecule has 0 radical (unpaired) electrons. The number of hydrogen-bond donors (Lipinski definition) is 3. The van der Waals surface area contributed by atoms with Crippen molar-refractivity contribution in [1.29, 1.82) is 0 Å². The SMILES string of the molecule is Cc1[nH]c(=O)[nH]c(=O)c1CSCC(=O)OCC(=O)Nc1nc(-c2ccc(Br)cc2)cs1. The van der Waals surface area contributed by atoms with Gasteiger partial charge in [-0.1, -0.05) is 28.1 Å². The molecule has 0 atom stereocenters. The van der Waals surface area contributed by atoms with Gasteiger partial charge in [-0.05, 0) is 19.1 Å². The summed E-state index contributed by atoms with van der Waals surface area (Å²) in [7, 11) is 0. The number of thioether (sulfide) groups is 1. The molecule has 31 heavy (non-hydrogen) atoms. The van der Waals surface area contributed by atoms with Gasteiger partial charge in [-0.25, -0.2) is 9.78 Å².